The van der Waals surface area contributed by atoms with E-state index in [0.29, 0.717) is 30.5 Å². The number of benzene rings is 3. The Morgan fingerprint density at radius 1 is 1.16 bits per heavy atom. The van der Waals surface area contributed by atoms with Crippen LogP contribution in [0.5, 0.6) is 11.5 Å². The second kappa shape index (κ2) is 11.4. The zero-order valence-corrected chi connectivity index (χ0v) is 21.7. The van der Waals surface area contributed by atoms with Gasteiger partial charge < -0.3 is 24.6 Å². The van der Waals surface area contributed by atoms with Gasteiger partial charge in [-0.1, -0.05) is 35.9 Å². The number of aliphatic hydroxyl groups is 1. The predicted molar refractivity (Wildman–Crippen MR) is 145 cm³/mol. The Hall–Kier alpha value is -3.37. The van der Waals surface area contributed by atoms with Crippen LogP contribution < -0.4 is 20.1 Å². The van der Waals surface area contributed by atoms with Gasteiger partial charge in [-0.05, 0) is 59.9 Å². The number of rotatable bonds is 9. The van der Waals surface area contributed by atoms with Crippen LogP contribution in [0.2, 0.25) is 5.02 Å². The van der Waals surface area contributed by atoms with E-state index in [9.17, 15) is 9.90 Å². The second-order valence-electron chi connectivity index (χ2n) is 8.38. The Kier molecular flexibility index (Phi) is 7.76. The Labute approximate surface area is 223 Å². The Morgan fingerprint density at radius 3 is 2.78 bits per heavy atom. The van der Waals surface area contributed by atoms with Gasteiger partial charge in [0.05, 0.1) is 28.6 Å². The largest absolute Gasteiger partial charge is 0.486 e. The Morgan fingerprint density at radius 2 is 2.00 bits per heavy atom. The minimum atomic E-state index is -0.790. The van der Waals surface area contributed by atoms with Crippen LogP contribution in [0.4, 0.5) is 11.5 Å². The number of anilines is 2. The minimum absolute atomic E-state index is 0.257. The van der Waals surface area contributed by atoms with Crippen LogP contribution in [0, 0.1) is 0 Å². The third-order valence-electron chi connectivity index (χ3n) is 5.94. The van der Waals surface area contributed by atoms with Gasteiger partial charge in [0.15, 0.2) is 17.3 Å². The molecule has 5 rings (SSSR count). The van der Waals surface area contributed by atoms with Crippen molar-refractivity contribution in [2.24, 2.45) is 0 Å². The lowest BCUT2D eigenvalue weighted by Gasteiger charge is -2.19. The Bertz CT molecular complexity index is 1430. The van der Waals surface area contributed by atoms with Crippen molar-refractivity contribution in [2.45, 2.75) is 19.5 Å². The van der Waals surface area contributed by atoms with E-state index in [4.69, 9.17) is 25.8 Å². The fourth-order valence-electron chi connectivity index (χ4n) is 4.09. The number of nitrogens with one attached hydrogen (secondary N) is 2. The zero-order valence-electron chi connectivity index (χ0n) is 20.1. The molecule has 1 unspecified atom stereocenters. The number of halogens is 1. The number of carbonyl (C=O) groups is 1. The van der Waals surface area contributed by atoms with Gasteiger partial charge in [-0.2, -0.15) is 4.37 Å². The molecule has 10 heteroatoms. The number of aliphatic hydroxyl groups excluding tert-OH is 1. The molecule has 0 aliphatic carbocycles. The highest BCUT2D eigenvalue weighted by molar-refractivity contribution is 7.14. The van der Waals surface area contributed by atoms with Gasteiger partial charge in [-0.3, -0.25) is 10.1 Å². The van der Waals surface area contributed by atoms with E-state index < -0.39 is 12.0 Å². The highest BCUT2D eigenvalue weighted by Crippen LogP contribution is 2.40. The lowest BCUT2D eigenvalue weighted by atomic mass is 10.0. The molecule has 0 amide bonds. The first kappa shape index (κ1) is 25.3. The quantitative estimate of drug-likeness (QED) is 0.251. The number of fused-ring (bicyclic) bond motifs is 2. The van der Waals surface area contributed by atoms with Crippen molar-refractivity contribution in [3.8, 4) is 22.6 Å². The van der Waals surface area contributed by atoms with Gasteiger partial charge in [-0.25, -0.2) is 0 Å². The van der Waals surface area contributed by atoms with Crippen molar-refractivity contribution in [1.82, 2.24) is 9.69 Å². The lowest BCUT2D eigenvalue weighted by molar-refractivity contribution is -0.146. The maximum atomic E-state index is 11.9. The summed E-state index contributed by atoms with van der Waals surface area (Å²) < 4.78 is 22.1. The summed E-state index contributed by atoms with van der Waals surface area (Å²) in [5.74, 6) is 1.74. The number of nitrogens with zero attached hydrogens (tertiary/aromatic N) is 1. The molecule has 0 saturated carbocycles. The summed E-state index contributed by atoms with van der Waals surface area (Å²) >= 11 is 7.99. The van der Waals surface area contributed by atoms with Gasteiger partial charge in [0, 0.05) is 17.5 Å². The number of carbonyl (C=O) groups excluding carboxylic acids is 1. The van der Waals surface area contributed by atoms with Crippen LogP contribution in [0.15, 0.2) is 54.6 Å². The first-order valence-electron chi connectivity index (χ1n) is 11.9. The maximum Gasteiger partial charge on any atom is 0.325 e. The molecule has 37 heavy (non-hydrogen) atoms. The van der Waals surface area contributed by atoms with Gasteiger partial charge in [0.2, 0.25) is 0 Å². The van der Waals surface area contributed by atoms with Crippen molar-refractivity contribution >= 4 is 50.7 Å². The molecule has 3 aromatic carbocycles. The SMILES string of the molecule is CCOC(=O)C(CO)NCc1ccc(Nc2nsc3c(-c4ccc5c(c4)OCCO5)cccc23)c(Cl)c1. The van der Waals surface area contributed by atoms with Crippen LogP contribution in [0.25, 0.3) is 21.2 Å². The van der Waals surface area contributed by atoms with Crippen molar-refractivity contribution in [2.75, 3.05) is 31.7 Å². The van der Waals surface area contributed by atoms with Crippen LogP contribution in [0.3, 0.4) is 0 Å². The molecule has 1 aromatic heterocycles. The molecule has 0 fully saturated rings. The van der Waals surface area contributed by atoms with Crippen molar-refractivity contribution < 1.29 is 24.1 Å². The molecule has 3 N–H and O–H groups in total. The molecule has 0 spiro atoms. The monoisotopic (exact) mass is 539 g/mol. The summed E-state index contributed by atoms with van der Waals surface area (Å²) in [5.41, 5.74) is 3.67. The lowest BCUT2D eigenvalue weighted by Crippen LogP contribution is -2.40. The van der Waals surface area contributed by atoms with E-state index in [2.05, 4.69) is 21.1 Å². The normalized spacial score (nSPS) is 13.4. The maximum absolute atomic E-state index is 11.9. The topological polar surface area (TPSA) is 102 Å². The molecule has 0 bridgehead atoms. The third-order valence-corrected chi connectivity index (χ3v) is 7.15. The van der Waals surface area contributed by atoms with Crippen LogP contribution >= 0.6 is 23.1 Å². The molecule has 1 aliphatic rings. The predicted octanol–water partition coefficient (Wildman–Crippen LogP) is 5.15. The average molecular weight is 540 g/mol. The molecule has 2 heterocycles. The first-order valence-corrected chi connectivity index (χ1v) is 13.1. The third kappa shape index (κ3) is 5.50. The van der Waals surface area contributed by atoms with Crippen molar-refractivity contribution in [3.63, 3.8) is 0 Å². The second-order valence-corrected chi connectivity index (χ2v) is 9.56. The summed E-state index contributed by atoms with van der Waals surface area (Å²) in [6.07, 6.45) is 0. The van der Waals surface area contributed by atoms with Crippen molar-refractivity contribution in [3.05, 3.63) is 65.2 Å². The van der Waals surface area contributed by atoms with E-state index in [-0.39, 0.29) is 13.2 Å². The van der Waals surface area contributed by atoms with Gasteiger partial charge >= 0.3 is 5.97 Å². The van der Waals surface area contributed by atoms with Gasteiger partial charge in [0.25, 0.3) is 0 Å². The number of ether oxygens (including phenoxy) is 3. The molecule has 192 valence electrons. The molecule has 4 aromatic rings. The van der Waals surface area contributed by atoms with E-state index in [1.165, 1.54) is 11.5 Å². The average Bonchev–Trinajstić information content (AvgIpc) is 3.33. The molecule has 1 atom stereocenters. The molecular weight excluding hydrogens is 514 g/mol. The molecule has 8 nitrogen and oxygen atoms in total. The zero-order chi connectivity index (χ0) is 25.8. The molecule has 1 aliphatic heterocycles. The summed E-state index contributed by atoms with van der Waals surface area (Å²) in [5, 5.41) is 17.3. The molecule has 0 radical (unpaired) electrons. The smallest absolute Gasteiger partial charge is 0.325 e. The summed E-state index contributed by atoms with van der Waals surface area (Å²) in [6, 6.07) is 16.9. The highest BCUT2D eigenvalue weighted by atomic mass is 35.5. The number of hydrogen-bond acceptors (Lipinski definition) is 9. The first-order chi connectivity index (χ1) is 18.1. The van der Waals surface area contributed by atoms with E-state index >= 15 is 0 Å². The number of hydrogen-bond donors (Lipinski definition) is 3. The Balaban J connectivity index is 1.33. The summed E-state index contributed by atoms with van der Waals surface area (Å²) in [7, 11) is 0. The van der Waals surface area contributed by atoms with Crippen LogP contribution in [-0.2, 0) is 16.1 Å². The molecular formula is C27H26ClN3O5S. The van der Waals surface area contributed by atoms with Gasteiger partial charge in [-0.15, -0.1) is 0 Å². The van der Waals surface area contributed by atoms with Crippen molar-refractivity contribution in [1.29, 1.82) is 0 Å². The van der Waals surface area contributed by atoms with E-state index in [1.807, 2.05) is 48.5 Å². The number of esters is 1. The van der Waals surface area contributed by atoms with Crippen LogP contribution in [-0.4, -0.2) is 47.9 Å². The summed E-state index contributed by atoms with van der Waals surface area (Å²) in [4.78, 5) is 11.9. The van der Waals surface area contributed by atoms with Gasteiger partial charge in [0.1, 0.15) is 19.3 Å². The summed E-state index contributed by atoms with van der Waals surface area (Å²) in [6.45, 7) is 3.08. The highest BCUT2D eigenvalue weighted by Gasteiger charge is 2.19. The molecule has 0 saturated heterocycles. The van der Waals surface area contributed by atoms with E-state index in [0.717, 1.165) is 44.1 Å². The number of aromatic nitrogens is 1. The van der Waals surface area contributed by atoms with E-state index in [1.54, 1.807) is 6.92 Å². The standard InChI is InChI=1S/C27H26ClN3O5S/c1-2-34-27(33)22(15-32)29-14-16-6-8-21(20(28)12-16)30-26-19-5-3-4-18(25(19)37-31-26)17-7-9-23-24(13-17)36-11-10-35-23/h3-9,12-13,22,29,32H,2,10-11,14-15H2,1H3,(H,30,31). The van der Waals surface area contributed by atoms with Crippen LogP contribution in [0.1, 0.15) is 12.5 Å². The fourth-order valence-corrected chi connectivity index (χ4v) is 5.22. The minimum Gasteiger partial charge on any atom is -0.486 e. The fraction of sp³-hybridized carbons (Fsp3) is 0.259.